The third kappa shape index (κ3) is 1.71. The molecule has 1 saturated carbocycles. The molecule has 1 aliphatic heterocycles. The van der Waals surface area contributed by atoms with Crippen molar-refractivity contribution in [1.29, 1.82) is 0 Å². The molecule has 80 valence electrons. The third-order valence-corrected chi connectivity index (χ3v) is 3.32. The first-order valence-electron chi connectivity index (χ1n) is 5.34. The van der Waals surface area contributed by atoms with Crippen LogP contribution in [0.3, 0.4) is 0 Å². The molecule has 4 heteroatoms. The summed E-state index contributed by atoms with van der Waals surface area (Å²) in [6.45, 7) is 0.803. The Morgan fingerprint density at radius 1 is 1.50 bits per heavy atom. The molecule has 1 aliphatic carbocycles. The molecule has 2 N–H and O–H groups in total. The molecule has 0 spiro atoms. The molecule has 0 aromatic rings. The number of ether oxygens (including phenoxy) is 1. The molecule has 2 rings (SSSR count). The van der Waals surface area contributed by atoms with Crippen LogP contribution in [0.2, 0.25) is 0 Å². The van der Waals surface area contributed by atoms with Gasteiger partial charge in [-0.1, -0.05) is 0 Å². The Kier molecular flexibility index (Phi) is 2.63. The summed E-state index contributed by atoms with van der Waals surface area (Å²) in [6.07, 6.45) is 4.33. The van der Waals surface area contributed by atoms with Gasteiger partial charge in [-0.05, 0) is 31.6 Å². The van der Waals surface area contributed by atoms with E-state index in [2.05, 4.69) is 0 Å². The fourth-order valence-corrected chi connectivity index (χ4v) is 2.33. The number of hydrogen-bond acceptors (Lipinski definition) is 3. The minimum absolute atomic E-state index is 0.164. The Hall–Kier alpha value is -0.770. The highest BCUT2D eigenvalue weighted by molar-refractivity contribution is 5.68. The van der Waals surface area contributed by atoms with Crippen molar-refractivity contribution in [2.45, 2.75) is 37.8 Å². The fraction of sp³-hybridized carbons (Fsp3) is 0.900. The van der Waals surface area contributed by atoms with Crippen LogP contribution in [-0.4, -0.2) is 36.7 Å². The molecule has 2 atom stereocenters. The quantitative estimate of drug-likeness (QED) is 0.719. The fourth-order valence-electron chi connectivity index (χ4n) is 2.33. The van der Waals surface area contributed by atoms with Crippen molar-refractivity contribution in [2.24, 2.45) is 11.7 Å². The topological polar surface area (TPSA) is 55.6 Å². The van der Waals surface area contributed by atoms with Crippen LogP contribution in [0.5, 0.6) is 0 Å². The van der Waals surface area contributed by atoms with E-state index in [-0.39, 0.29) is 18.2 Å². The number of hydrogen-bond donors (Lipinski definition) is 1. The van der Waals surface area contributed by atoms with Crippen LogP contribution in [0.15, 0.2) is 0 Å². The van der Waals surface area contributed by atoms with Gasteiger partial charge in [0.05, 0.1) is 13.2 Å². The molecule has 1 saturated heterocycles. The van der Waals surface area contributed by atoms with E-state index >= 15 is 0 Å². The van der Waals surface area contributed by atoms with Gasteiger partial charge in [-0.15, -0.1) is 0 Å². The molecule has 2 unspecified atom stereocenters. The minimum Gasteiger partial charge on any atom is -0.453 e. The van der Waals surface area contributed by atoms with E-state index in [1.807, 2.05) is 0 Å². The van der Waals surface area contributed by atoms with Crippen LogP contribution in [0.1, 0.15) is 25.7 Å². The number of likely N-dealkylation sites (tertiary alicyclic amines) is 1. The molecule has 1 heterocycles. The van der Waals surface area contributed by atoms with Crippen molar-refractivity contribution >= 4 is 6.09 Å². The van der Waals surface area contributed by atoms with Crippen molar-refractivity contribution in [2.75, 3.05) is 13.7 Å². The summed E-state index contributed by atoms with van der Waals surface area (Å²) in [4.78, 5) is 13.2. The SMILES string of the molecule is COC(=O)N1CCCC1C(N)C1CC1. The second-order valence-electron chi connectivity index (χ2n) is 4.29. The summed E-state index contributed by atoms with van der Waals surface area (Å²) in [5.74, 6) is 0.644. The van der Waals surface area contributed by atoms with E-state index in [4.69, 9.17) is 10.5 Å². The highest BCUT2D eigenvalue weighted by Crippen LogP contribution is 2.36. The van der Waals surface area contributed by atoms with Gasteiger partial charge in [-0.2, -0.15) is 0 Å². The molecule has 0 bridgehead atoms. The molecule has 14 heavy (non-hydrogen) atoms. The predicted octanol–water partition coefficient (Wildman–Crippen LogP) is 0.955. The van der Waals surface area contributed by atoms with Crippen molar-refractivity contribution in [3.8, 4) is 0 Å². The molecule has 2 fully saturated rings. The Balaban J connectivity index is 1.98. The van der Waals surface area contributed by atoms with E-state index in [1.54, 1.807) is 4.90 Å². The number of rotatable bonds is 2. The van der Waals surface area contributed by atoms with Crippen LogP contribution in [0.25, 0.3) is 0 Å². The van der Waals surface area contributed by atoms with Crippen molar-refractivity contribution in [3.05, 3.63) is 0 Å². The Bertz CT molecular complexity index is 228. The number of carbonyl (C=O) groups is 1. The largest absolute Gasteiger partial charge is 0.453 e. The lowest BCUT2D eigenvalue weighted by atomic mass is 10.0. The summed E-state index contributed by atoms with van der Waals surface area (Å²) in [7, 11) is 1.43. The molecule has 0 aromatic carbocycles. The lowest BCUT2D eigenvalue weighted by Gasteiger charge is -2.28. The summed E-state index contributed by atoms with van der Waals surface area (Å²) >= 11 is 0. The van der Waals surface area contributed by atoms with E-state index < -0.39 is 0 Å². The first-order valence-corrected chi connectivity index (χ1v) is 5.34. The zero-order valence-electron chi connectivity index (χ0n) is 8.61. The van der Waals surface area contributed by atoms with Crippen LogP contribution in [0, 0.1) is 5.92 Å². The molecule has 1 amide bonds. The van der Waals surface area contributed by atoms with Crippen molar-refractivity contribution in [3.63, 3.8) is 0 Å². The van der Waals surface area contributed by atoms with E-state index in [0.717, 1.165) is 19.4 Å². The third-order valence-electron chi connectivity index (χ3n) is 3.32. The molecule has 2 aliphatic rings. The minimum atomic E-state index is -0.219. The van der Waals surface area contributed by atoms with Crippen LogP contribution in [0.4, 0.5) is 4.79 Å². The monoisotopic (exact) mass is 198 g/mol. The van der Waals surface area contributed by atoms with Gasteiger partial charge in [-0.25, -0.2) is 4.79 Å². The van der Waals surface area contributed by atoms with Gasteiger partial charge in [-0.3, -0.25) is 0 Å². The van der Waals surface area contributed by atoms with Gasteiger partial charge in [0.1, 0.15) is 0 Å². The summed E-state index contributed by atoms with van der Waals surface area (Å²) < 4.78 is 4.75. The maximum atomic E-state index is 11.4. The van der Waals surface area contributed by atoms with Gasteiger partial charge in [0.25, 0.3) is 0 Å². The predicted molar refractivity (Wildman–Crippen MR) is 52.8 cm³/mol. The number of methoxy groups -OCH3 is 1. The van der Waals surface area contributed by atoms with Gasteiger partial charge < -0.3 is 15.4 Å². The molecule has 4 nitrogen and oxygen atoms in total. The maximum absolute atomic E-state index is 11.4. The standard InChI is InChI=1S/C10H18N2O2/c1-14-10(13)12-6-2-3-8(12)9(11)7-4-5-7/h7-9H,2-6,11H2,1H3. The zero-order chi connectivity index (χ0) is 10.1. The Morgan fingerprint density at radius 2 is 2.21 bits per heavy atom. The molecule has 0 radical (unpaired) electrons. The highest BCUT2D eigenvalue weighted by atomic mass is 16.5. The van der Waals surface area contributed by atoms with Crippen molar-refractivity contribution < 1.29 is 9.53 Å². The van der Waals surface area contributed by atoms with Crippen molar-refractivity contribution in [1.82, 2.24) is 4.90 Å². The van der Waals surface area contributed by atoms with Gasteiger partial charge in [0.15, 0.2) is 0 Å². The van der Waals surface area contributed by atoms with Gasteiger partial charge >= 0.3 is 6.09 Å². The lowest BCUT2D eigenvalue weighted by Crippen LogP contribution is -2.47. The average molecular weight is 198 g/mol. The van der Waals surface area contributed by atoms with Crippen LogP contribution >= 0.6 is 0 Å². The number of carbonyl (C=O) groups excluding carboxylic acids is 1. The molecular formula is C10H18N2O2. The highest BCUT2D eigenvalue weighted by Gasteiger charge is 2.40. The number of nitrogens with zero attached hydrogens (tertiary/aromatic N) is 1. The first-order chi connectivity index (χ1) is 6.74. The van der Waals surface area contributed by atoms with E-state index in [9.17, 15) is 4.79 Å². The normalized spacial score (nSPS) is 29.0. The van der Waals surface area contributed by atoms with Gasteiger partial charge in [0.2, 0.25) is 0 Å². The smallest absolute Gasteiger partial charge is 0.409 e. The zero-order valence-corrected chi connectivity index (χ0v) is 8.61. The Labute approximate surface area is 84.4 Å². The second kappa shape index (κ2) is 3.77. The van der Waals surface area contributed by atoms with Crippen LogP contribution < -0.4 is 5.73 Å². The van der Waals surface area contributed by atoms with Gasteiger partial charge in [0, 0.05) is 12.6 Å². The molecule has 0 aromatic heterocycles. The van der Waals surface area contributed by atoms with Crippen LogP contribution in [-0.2, 0) is 4.74 Å². The van der Waals surface area contributed by atoms with E-state index in [0.29, 0.717) is 5.92 Å². The number of nitrogens with two attached hydrogens (primary N) is 1. The summed E-state index contributed by atoms with van der Waals surface area (Å²) in [5, 5.41) is 0. The average Bonchev–Trinajstić information content (AvgIpc) is 2.93. The Morgan fingerprint density at radius 3 is 2.79 bits per heavy atom. The maximum Gasteiger partial charge on any atom is 0.409 e. The number of amides is 1. The second-order valence-corrected chi connectivity index (χ2v) is 4.29. The summed E-state index contributed by atoms with van der Waals surface area (Å²) in [5.41, 5.74) is 6.12. The summed E-state index contributed by atoms with van der Waals surface area (Å²) in [6, 6.07) is 0.381. The first kappa shape index (κ1) is 9.77. The van der Waals surface area contributed by atoms with E-state index in [1.165, 1.54) is 20.0 Å². The molecular weight excluding hydrogens is 180 g/mol. The lowest BCUT2D eigenvalue weighted by molar-refractivity contribution is 0.112.